The zero-order valence-electron chi connectivity index (χ0n) is 15.5. The molecule has 1 aromatic rings. The molecule has 0 bridgehead atoms. The predicted molar refractivity (Wildman–Crippen MR) is 97.5 cm³/mol. The molecule has 2 aliphatic heterocycles. The summed E-state index contributed by atoms with van der Waals surface area (Å²) in [5, 5.41) is 0. The van der Waals surface area contributed by atoms with Crippen LogP contribution in [0.4, 0.5) is 0 Å². The van der Waals surface area contributed by atoms with Gasteiger partial charge in [-0.05, 0) is 36.6 Å². The zero-order valence-corrected chi connectivity index (χ0v) is 15.5. The normalized spacial score (nSPS) is 22.3. The van der Waals surface area contributed by atoms with E-state index in [0.717, 1.165) is 48.6 Å². The van der Waals surface area contributed by atoms with Crippen LogP contribution in [-0.4, -0.2) is 32.0 Å². The average molecular weight is 347 g/mol. The monoisotopic (exact) mass is 347 g/mol. The second kappa shape index (κ2) is 8.11. The summed E-state index contributed by atoms with van der Waals surface area (Å²) in [6.45, 7) is 9.13. The highest BCUT2D eigenvalue weighted by molar-refractivity contribution is 5.68. The quantitative estimate of drug-likeness (QED) is 0.722. The Morgan fingerprint density at radius 2 is 2.12 bits per heavy atom. The predicted octanol–water partition coefficient (Wildman–Crippen LogP) is 3.94. The van der Waals surface area contributed by atoms with E-state index in [9.17, 15) is 0 Å². The van der Waals surface area contributed by atoms with Crippen LogP contribution in [0.15, 0.2) is 24.3 Å². The topological polar surface area (TPSA) is 49.0 Å². The Kier molecular flexibility index (Phi) is 5.86. The zero-order chi connectivity index (χ0) is 17.7. The molecule has 1 aromatic carbocycles. The van der Waals surface area contributed by atoms with Gasteiger partial charge in [-0.1, -0.05) is 27.2 Å². The maximum absolute atomic E-state index is 5.98. The fraction of sp³-hybridized carbons (Fsp3) is 0.600. The van der Waals surface area contributed by atoms with Crippen molar-refractivity contribution in [2.45, 2.75) is 45.6 Å². The van der Waals surface area contributed by atoms with E-state index in [-0.39, 0.29) is 5.60 Å². The van der Waals surface area contributed by atoms with E-state index in [1.54, 1.807) is 0 Å². The molecule has 1 saturated heterocycles. The van der Waals surface area contributed by atoms with Gasteiger partial charge in [0.1, 0.15) is 5.60 Å². The van der Waals surface area contributed by atoms with Crippen molar-refractivity contribution in [1.29, 1.82) is 0 Å². The summed E-state index contributed by atoms with van der Waals surface area (Å²) < 4.78 is 17.4. The van der Waals surface area contributed by atoms with Gasteiger partial charge in [0, 0.05) is 18.6 Å². The number of hydroxylamine groups is 1. The van der Waals surface area contributed by atoms with E-state index in [2.05, 4.69) is 32.3 Å². The van der Waals surface area contributed by atoms with Crippen molar-refractivity contribution in [3.05, 3.63) is 29.8 Å². The fourth-order valence-electron chi connectivity index (χ4n) is 2.87. The molecule has 138 valence electrons. The SMILES string of the molecule is CCCCOc1cc(C2=CC3(CCOC3)ON2)ccc1OCC(C)C. The smallest absolute Gasteiger partial charge is 0.161 e. The lowest BCUT2D eigenvalue weighted by Gasteiger charge is -2.16. The third-order valence-corrected chi connectivity index (χ3v) is 4.37. The van der Waals surface area contributed by atoms with Crippen molar-refractivity contribution in [2.24, 2.45) is 5.92 Å². The summed E-state index contributed by atoms with van der Waals surface area (Å²) in [7, 11) is 0. The van der Waals surface area contributed by atoms with Crippen LogP contribution < -0.4 is 15.0 Å². The highest BCUT2D eigenvalue weighted by Gasteiger charge is 2.39. The first kappa shape index (κ1) is 18.1. The van der Waals surface area contributed by atoms with Gasteiger partial charge >= 0.3 is 0 Å². The summed E-state index contributed by atoms with van der Waals surface area (Å²) in [5.41, 5.74) is 4.72. The van der Waals surface area contributed by atoms with Gasteiger partial charge in [0.05, 0.1) is 25.5 Å². The van der Waals surface area contributed by atoms with Gasteiger partial charge in [-0.2, -0.15) is 0 Å². The molecule has 1 fully saturated rings. The summed E-state index contributed by atoms with van der Waals surface area (Å²) >= 11 is 0. The Balaban J connectivity index is 1.79. The highest BCUT2D eigenvalue weighted by atomic mass is 16.7. The number of hydrogen-bond acceptors (Lipinski definition) is 5. The number of rotatable bonds is 8. The summed E-state index contributed by atoms with van der Waals surface area (Å²) in [6, 6.07) is 6.05. The molecule has 0 radical (unpaired) electrons. The first-order valence-electron chi connectivity index (χ1n) is 9.26. The van der Waals surface area contributed by atoms with Crippen LogP contribution in [0.3, 0.4) is 0 Å². The van der Waals surface area contributed by atoms with E-state index in [1.165, 1.54) is 0 Å². The molecule has 3 rings (SSSR count). The van der Waals surface area contributed by atoms with Gasteiger partial charge in [0.15, 0.2) is 11.5 Å². The summed E-state index contributed by atoms with van der Waals surface area (Å²) in [6.07, 6.45) is 5.13. The second-order valence-electron chi connectivity index (χ2n) is 7.20. The minimum absolute atomic E-state index is 0.328. The van der Waals surface area contributed by atoms with E-state index in [1.807, 2.05) is 18.2 Å². The molecule has 2 heterocycles. The summed E-state index contributed by atoms with van der Waals surface area (Å²) in [4.78, 5) is 5.78. The largest absolute Gasteiger partial charge is 0.490 e. The van der Waals surface area contributed by atoms with Gasteiger partial charge in [0.2, 0.25) is 0 Å². The van der Waals surface area contributed by atoms with Crippen LogP contribution in [-0.2, 0) is 9.57 Å². The molecule has 25 heavy (non-hydrogen) atoms. The Morgan fingerprint density at radius 3 is 2.84 bits per heavy atom. The van der Waals surface area contributed by atoms with Crippen molar-refractivity contribution in [2.75, 3.05) is 26.4 Å². The van der Waals surface area contributed by atoms with Crippen LogP contribution >= 0.6 is 0 Å². The molecule has 0 aliphatic carbocycles. The van der Waals surface area contributed by atoms with E-state index in [4.69, 9.17) is 19.0 Å². The Bertz CT molecular complexity index is 606. The standard InChI is InChI=1S/C20H29NO4/c1-4-5-9-23-19-11-16(6-7-18(19)24-13-15(2)3)17-12-20(25-21-17)8-10-22-14-20/h6-7,11-12,15,21H,4-5,8-10,13-14H2,1-3H3. The van der Waals surface area contributed by atoms with Crippen LogP contribution in [0, 0.1) is 5.92 Å². The molecule has 1 N–H and O–H groups in total. The van der Waals surface area contributed by atoms with Crippen molar-refractivity contribution in [1.82, 2.24) is 5.48 Å². The fourth-order valence-corrected chi connectivity index (χ4v) is 2.87. The molecule has 2 aliphatic rings. The molecule has 1 spiro atoms. The lowest BCUT2D eigenvalue weighted by atomic mass is 10.0. The van der Waals surface area contributed by atoms with Gasteiger partial charge in [-0.15, -0.1) is 0 Å². The number of hydrogen-bond donors (Lipinski definition) is 1. The first-order valence-corrected chi connectivity index (χ1v) is 9.26. The minimum atomic E-state index is -0.328. The average Bonchev–Trinajstić information content (AvgIpc) is 3.24. The first-order chi connectivity index (χ1) is 12.1. The van der Waals surface area contributed by atoms with Crippen molar-refractivity contribution in [3.63, 3.8) is 0 Å². The molecule has 5 nitrogen and oxygen atoms in total. The number of nitrogens with one attached hydrogen (secondary N) is 1. The van der Waals surface area contributed by atoms with E-state index < -0.39 is 0 Å². The van der Waals surface area contributed by atoms with Crippen molar-refractivity contribution >= 4 is 5.70 Å². The maximum atomic E-state index is 5.98. The van der Waals surface area contributed by atoms with Crippen LogP contribution in [0.25, 0.3) is 5.70 Å². The Labute approximate surface area is 150 Å². The number of benzene rings is 1. The molecular formula is C20H29NO4. The van der Waals surface area contributed by atoms with Crippen molar-refractivity contribution < 1.29 is 19.0 Å². The van der Waals surface area contributed by atoms with Crippen molar-refractivity contribution in [3.8, 4) is 11.5 Å². The molecular weight excluding hydrogens is 318 g/mol. The van der Waals surface area contributed by atoms with Gasteiger partial charge in [-0.25, -0.2) is 0 Å². The van der Waals surface area contributed by atoms with E-state index >= 15 is 0 Å². The Morgan fingerprint density at radius 1 is 1.24 bits per heavy atom. The van der Waals surface area contributed by atoms with Crippen LogP contribution in [0.2, 0.25) is 0 Å². The minimum Gasteiger partial charge on any atom is -0.490 e. The van der Waals surface area contributed by atoms with Gasteiger partial charge < -0.3 is 14.2 Å². The van der Waals surface area contributed by atoms with Crippen LogP contribution in [0.5, 0.6) is 11.5 Å². The molecule has 5 heteroatoms. The third kappa shape index (κ3) is 4.47. The molecule has 0 aromatic heterocycles. The lowest BCUT2D eigenvalue weighted by Crippen LogP contribution is -2.29. The van der Waals surface area contributed by atoms with Gasteiger partial charge in [-0.3, -0.25) is 10.3 Å². The van der Waals surface area contributed by atoms with E-state index in [0.29, 0.717) is 25.7 Å². The molecule has 0 saturated carbocycles. The van der Waals surface area contributed by atoms with Crippen LogP contribution in [0.1, 0.15) is 45.6 Å². The molecule has 0 amide bonds. The second-order valence-corrected chi connectivity index (χ2v) is 7.20. The summed E-state index contributed by atoms with van der Waals surface area (Å²) in [5.74, 6) is 2.06. The molecule has 1 atom stereocenters. The van der Waals surface area contributed by atoms with Gasteiger partial charge in [0.25, 0.3) is 0 Å². The Hall–Kier alpha value is -1.72. The highest BCUT2D eigenvalue weighted by Crippen LogP contribution is 2.36. The lowest BCUT2D eigenvalue weighted by molar-refractivity contribution is -0.0373. The number of ether oxygens (including phenoxy) is 3. The molecule has 1 unspecified atom stereocenters. The maximum Gasteiger partial charge on any atom is 0.161 e. The number of unbranched alkanes of at least 4 members (excludes halogenated alkanes) is 1. The third-order valence-electron chi connectivity index (χ3n) is 4.37.